The second-order valence-electron chi connectivity index (χ2n) is 3.88. The number of rotatable bonds is 1. The summed E-state index contributed by atoms with van der Waals surface area (Å²) in [4.78, 5) is 2.45. The lowest BCUT2D eigenvalue weighted by atomic mass is 9.98. The molecule has 0 aromatic heterocycles. The van der Waals surface area contributed by atoms with Crippen molar-refractivity contribution in [3.05, 3.63) is 0 Å². The Morgan fingerprint density at radius 1 is 1.50 bits per heavy atom. The molecule has 3 nitrogen and oxygen atoms in total. The van der Waals surface area contributed by atoms with Crippen molar-refractivity contribution in [2.45, 2.75) is 12.5 Å². The molecule has 2 heterocycles. The Kier molecular flexibility index (Phi) is 2.63. The quantitative estimate of drug-likeness (QED) is 0.596. The van der Waals surface area contributed by atoms with Crippen LogP contribution in [0.5, 0.6) is 0 Å². The minimum atomic E-state index is 0.661. The molecule has 0 spiro atoms. The molecule has 12 heavy (non-hydrogen) atoms. The molecule has 0 amide bonds. The highest BCUT2D eigenvalue weighted by Crippen LogP contribution is 2.19. The van der Waals surface area contributed by atoms with Crippen LogP contribution in [-0.4, -0.2) is 50.8 Å². The number of hydrogen-bond donors (Lipinski definition) is 1. The molecular formula is C9H18N2O. The predicted molar refractivity (Wildman–Crippen MR) is 48.2 cm³/mol. The molecule has 0 saturated carbocycles. The Balaban J connectivity index is 1.91. The van der Waals surface area contributed by atoms with E-state index in [0.717, 1.165) is 25.7 Å². The van der Waals surface area contributed by atoms with Gasteiger partial charge in [-0.05, 0) is 32.5 Å². The fourth-order valence-corrected chi connectivity index (χ4v) is 2.21. The summed E-state index contributed by atoms with van der Waals surface area (Å²) in [5.74, 6) is 0.815. The van der Waals surface area contributed by atoms with Gasteiger partial charge in [0.2, 0.25) is 0 Å². The van der Waals surface area contributed by atoms with Gasteiger partial charge in [0.05, 0.1) is 13.2 Å². The van der Waals surface area contributed by atoms with Crippen LogP contribution in [-0.2, 0) is 4.74 Å². The van der Waals surface area contributed by atoms with Gasteiger partial charge in [-0.15, -0.1) is 0 Å². The first-order valence-corrected chi connectivity index (χ1v) is 4.86. The maximum atomic E-state index is 5.50. The third kappa shape index (κ3) is 1.63. The summed E-state index contributed by atoms with van der Waals surface area (Å²) < 4.78 is 5.50. The maximum Gasteiger partial charge on any atom is 0.0625 e. The molecule has 2 saturated heterocycles. The fraction of sp³-hybridized carbons (Fsp3) is 1.00. The van der Waals surface area contributed by atoms with Gasteiger partial charge in [-0.3, -0.25) is 4.90 Å². The number of ether oxygens (including phenoxy) is 1. The van der Waals surface area contributed by atoms with E-state index in [-0.39, 0.29) is 0 Å². The van der Waals surface area contributed by atoms with Crippen molar-refractivity contribution in [1.82, 2.24) is 10.2 Å². The van der Waals surface area contributed by atoms with Gasteiger partial charge in [-0.2, -0.15) is 0 Å². The van der Waals surface area contributed by atoms with Crippen molar-refractivity contribution in [2.75, 3.05) is 39.9 Å². The van der Waals surface area contributed by atoms with E-state index in [1.807, 2.05) is 0 Å². The summed E-state index contributed by atoms with van der Waals surface area (Å²) in [6.07, 6.45) is 1.32. The van der Waals surface area contributed by atoms with Gasteiger partial charge in [-0.25, -0.2) is 0 Å². The van der Waals surface area contributed by atoms with E-state index >= 15 is 0 Å². The molecule has 2 aliphatic heterocycles. The van der Waals surface area contributed by atoms with Gasteiger partial charge in [0.25, 0.3) is 0 Å². The Hall–Kier alpha value is -0.120. The topological polar surface area (TPSA) is 24.5 Å². The van der Waals surface area contributed by atoms with Gasteiger partial charge < -0.3 is 10.1 Å². The fourth-order valence-electron chi connectivity index (χ4n) is 2.21. The number of nitrogens with zero attached hydrogens (tertiary/aromatic N) is 1. The zero-order valence-electron chi connectivity index (χ0n) is 7.75. The van der Waals surface area contributed by atoms with Crippen molar-refractivity contribution in [2.24, 2.45) is 5.92 Å². The average molecular weight is 170 g/mol. The third-order valence-corrected chi connectivity index (χ3v) is 3.09. The van der Waals surface area contributed by atoms with Crippen LogP contribution in [0.3, 0.4) is 0 Å². The van der Waals surface area contributed by atoms with Gasteiger partial charge in [0, 0.05) is 12.6 Å². The molecule has 2 rings (SSSR count). The van der Waals surface area contributed by atoms with E-state index in [9.17, 15) is 0 Å². The zero-order valence-corrected chi connectivity index (χ0v) is 7.75. The predicted octanol–water partition coefficient (Wildman–Crippen LogP) is -0.0735. The van der Waals surface area contributed by atoms with Crippen LogP contribution in [0, 0.1) is 5.92 Å². The molecule has 0 bridgehead atoms. The lowest BCUT2D eigenvalue weighted by Crippen LogP contribution is -2.47. The Morgan fingerprint density at radius 2 is 2.42 bits per heavy atom. The number of morpholine rings is 1. The first-order chi connectivity index (χ1) is 5.88. The van der Waals surface area contributed by atoms with Crippen molar-refractivity contribution in [3.8, 4) is 0 Å². The van der Waals surface area contributed by atoms with E-state index < -0.39 is 0 Å². The summed E-state index contributed by atoms with van der Waals surface area (Å²) in [6, 6.07) is 0.661. The second kappa shape index (κ2) is 3.73. The molecule has 1 N–H and O–H groups in total. The minimum absolute atomic E-state index is 0.661. The second-order valence-corrected chi connectivity index (χ2v) is 3.88. The lowest BCUT2D eigenvalue weighted by molar-refractivity contribution is -0.0138. The normalized spacial score (nSPS) is 38.8. The summed E-state index contributed by atoms with van der Waals surface area (Å²) in [7, 11) is 2.21. The highest BCUT2D eigenvalue weighted by molar-refractivity contribution is 4.85. The average Bonchev–Trinajstić information content (AvgIpc) is 2.57. The maximum absolute atomic E-state index is 5.50. The van der Waals surface area contributed by atoms with Gasteiger partial charge >= 0.3 is 0 Å². The molecule has 70 valence electrons. The van der Waals surface area contributed by atoms with Crippen LogP contribution < -0.4 is 5.32 Å². The summed E-state index contributed by atoms with van der Waals surface area (Å²) >= 11 is 0. The zero-order chi connectivity index (χ0) is 8.39. The molecule has 0 aromatic carbocycles. The van der Waals surface area contributed by atoms with E-state index in [1.165, 1.54) is 19.5 Å². The Morgan fingerprint density at radius 3 is 3.08 bits per heavy atom. The summed E-state index contributed by atoms with van der Waals surface area (Å²) in [5.41, 5.74) is 0. The molecule has 2 unspecified atom stereocenters. The van der Waals surface area contributed by atoms with Gasteiger partial charge in [0.1, 0.15) is 0 Å². The minimum Gasteiger partial charge on any atom is -0.378 e. The first-order valence-electron chi connectivity index (χ1n) is 4.86. The monoisotopic (exact) mass is 170 g/mol. The van der Waals surface area contributed by atoms with Gasteiger partial charge in [-0.1, -0.05) is 0 Å². The van der Waals surface area contributed by atoms with Crippen LogP contribution in [0.2, 0.25) is 0 Å². The molecule has 0 radical (unpaired) electrons. The lowest BCUT2D eigenvalue weighted by Gasteiger charge is -2.36. The van der Waals surface area contributed by atoms with E-state index in [2.05, 4.69) is 17.3 Å². The van der Waals surface area contributed by atoms with Crippen LogP contribution in [0.1, 0.15) is 6.42 Å². The van der Waals surface area contributed by atoms with E-state index in [0.29, 0.717) is 6.04 Å². The standard InChI is InChI=1S/C9H18N2O/c1-11-4-5-12-7-9(11)8-2-3-10-6-8/h8-10H,2-7H2,1H3. The summed E-state index contributed by atoms with van der Waals surface area (Å²) in [6.45, 7) is 5.31. The molecule has 2 atom stereocenters. The molecule has 0 aromatic rings. The van der Waals surface area contributed by atoms with Crippen LogP contribution in [0.25, 0.3) is 0 Å². The highest BCUT2D eigenvalue weighted by Gasteiger charge is 2.29. The largest absolute Gasteiger partial charge is 0.378 e. The number of nitrogens with one attached hydrogen (secondary N) is 1. The van der Waals surface area contributed by atoms with Crippen molar-refractivity contribution < 1.29 is 4.74 Å². The summed E-state index contributed by atoms with van der Waals surface area (Å²) in [5, 5.41) is 3.41. The van der Waals surface area contributed by atoms with Crippen LogP contribution in [0.4, 0.5) is 0 Å². The van der Waals surface area contributed by atoms with Crippen molar-refractivity contribution >= 4 is 0 Å². The Labute approximate surface area is 74.1 Å². The Bertz CT molecular complexity index is 145. The van der Waals surface area contributed by atoms with E-state index in [4.69, 9.17) is 4.74 Å². The molecular weight excluding hydrogens is 152 g/mol. The first kappa shape index (κ1) is 8.48. The SMILES string of the molecule is CN1CCOCC1C1CCNC1. The van der Waals surface area contributed by atoms with Crippen LogP contribution >= 0.6 is 0 Å². The van der Waals surface area contributed by atoms with Crippen molar-refractivity contribution in [1.29, 1.82) is 0 Å². The smallest absolute Gasteiger partial charge is 0.0625 e. The number of hydrogen-bond acceptors (Lipinski definition) is 3. The van der Waals surface area contributed by atoms with E-state index in [1.54, 1.807) is 0 Å². The molecule has 2 aliphatic rings. The molecule has 3 heteroatoms. The molecule has 0 aliphatic carbocycles. The number of likely N-dealkylation sites (N-methyl/N-ethyl adjacent to an activating group) is 1. The van der Waals surface area contributed by atoms with Crippen molar-refractivity contribution in [3.63, 3.8) is 0 Å². The van der Waals surface area contributed by atoms with Crippen LogP contribution in [0.15, 0.2) is 0 Å². The molecule has 2 fully saturated rings. The van der Waals surface area contributed by atoms with Gasteiger partial charge in [0.15, 0.2) is 0 Å². The highest BCUT2D eigenvalue weighted by atomic mass is 16.5. The third-order valence-electron chi connectivity index (χ3n) is 3.09.